The summed E-state index contributed by atoms with van der Waals surface area (Å²) in [6.07, 6.45) is 0. The van der Waals surface area contributed by atoms with E-state index < -0.39 is 10.0 Å². The van der Waals surface area contributed by atoms with Gasteiger partial charge in [0.25, 0.3) is 0 Å². The van der Waals surface area contributed by atoms with Crippen LogP contribution in [0.25, 0.3) is 0 Å². The summed E-state index contributed by atoms with van der Waals surface area (Å²) in [5.41, 5.74) is 0. The first kappa shape index (κ1) is 17.4. The first-order valence-corrected chi connectivity index (χ1v) is 10.2. The van der Waals surface area contributed by atoms with Crippen LogP contribution in [0.2, 0.25) is 5.02 Å². The van der Waals surface area contributed by atoms with Crippen LogP contribution in [0.1, 0.15) is 10.9 Å². The Morgan fingerprint density at radius 1 is 1.12 bits per heavy atom. The molecule has 1 atom stereocenters. The number of nitrogens with zero attached hydrogens (tertiary/aromatic N) is 3. The second kappa shape index (κ2) is 7.21. The van der Waals surface area contributed by atoms with Crippen LogP contribution >= 0.6 is 22.9 Å². The van der Waals surface area contributed by atoms with Gasteiger partial charge in [-0.15, -0.1) is 11.3 Å². The van der Waals surface area contributed by atoms with Crippen molar-refractivity contribution >= 4 is 33.0 Å². The molecular weight excluding hydrogens is 366 g/mol. The van der Waals surface area contributed by atoms with Gasteiger partial charge in [-0.25, -0.2) is 8.42 Å². The molecule has 1 aromatic carbocycles. The van der Waals surface area contributed by atoms with Crippen molar-refractivity contribution in [2.45, 2.75) is 10.9 Å². The Kier molecular flexibility index (Phi) is 5.23. The Bertz CT molecular complexity index is 838. The molecule has 2 heterocycles. The molecule has 1 fully saturated rings. The van der Waals surface area contributed by atoms with Crippen LogP contribution in [0.15, 0.2) is 46.7 Å². The van der Waals surface area contributed by atoms with Gasteiger partial charge in [0.05, 0.1) is 11.1 Å². The average molecular weight is 382 g/mol. The molecule has 0 amide bonds. The molecule has 5 nitrogen and oxygen atoms in total. The number of thiophene rings is 1. The van der Waals surface area contributed by atoms with Gasteiger partial charge in [-0.1, -0.05) is 29.8 Å². The smallest absolute Gasteiger partial charge is 0.244 e. The lowest BCUT2D eigenvalue weighted by Crippen LogP contribution is -2.49. The average Bonchev–Trinajstić information content (AvgIpc) is 3.10. The summed E-state index contributed by atoms with van der Waals surface area (Å²) < 4.78 is 26.9. The fraction of sp³-hybridized carbons (Fsp3) is 0.312. The molecule has 2 aromatic rings. The highest BCUT2D eigenvalue weighted by Gasteiger charge is 2.32. The Morgan fingerprint density at radius 2 is 1.83 bits per heavy atom. The molecule has 3 rings (SSSR count). The van der Waals surface area contributed by atoms with E-state index in [4.69, 9.17) is 11.6 Å². The standard InChI is InChI=1S/C16H16ClN3O2S2/c17-13-4-1-2-6-16(13)24(21,22)20-9-7-19(8-10-20)14(12-18)15-5-3-11-23-15/h1-6,11,14H,7-10H2. The van der Waals surface area contributed by atoms with Gasteiger partial charge < -0.3 is 0 Å². The summed E-state index contributed by atoms with van der Waals surface area (Å²) in [6, 6.07) is 12.3. The number of sulfonamides is 1. The van der Waals surface area contributed by atoms with Gasteiger partial charge in [-0.2, -0.15) is 9.57 Å². The zero-order valence-electron chi connectivity index (χ0n) is 12.8. The maximum Gasteiger partial charge on any atom is 0.244 e. The van der Waals surface area contributed by atoms with Crippen molar-refractivity contribution in [2.75, 3.05) is 26.2 Å². The Morgan fingerprint density at radius 3 is 2.42 bits per heavy atom. The van der Waals surface area contributed by atoms with Crippen molar-refractivity contribution in [1.29, 1.82) is 5.26 Å². The largest absolute Gasteiger partial charge is 0.281 e. The molecule has 0 bridgehead atoms. The Labute approximate surface area is 150 Å². The number of rotatable bonds is 4. The number of halogens is 1. The minimum absolute atomic E-state index is 0.134. The third kappa shape index (κ3) is 3.34. The first-order chi connectivity index (χ1) is 11.5. The van der Waals surface area contributed by atoms with Gasteiger partial charge in [0.2, 0.25) is 10.0 Å². The number of piperazine rings is 1. The fourth-order valence-corrected chi connectivity index (χ4v) is 5.48. The summed E-state index contributed by atoms with van der Waals surface area (Å²) >= 11 is 7.58. The zero-order valence-corrected chi connectivity index (χ0v) is 15.2. The van der Waals surface area contributed by atoms with Gasteiger partial charge >= 0.3 is 0 Å². The highest BCUT2D eigenvalue weighted by molar-refractivity contribution is 7.89. The predicted molar refractivity (Wildman–Crippen MR) is 94.5 cm³/mol. The van der Waals surface area contributed by atoms with E-state index in [-0.39, 0.29) is 16.0 Å². The highest BCUT2D eigenvalue weighted by Crippen LogP contribution is 2.28. The SMILES string of the molecule is N#CC(c1cccs1)N1CCN(S(=O)(=O)c2ccccc2Cl)CC1. The first-order valence-electron chi connectivity index (χ1n) is 7.46. The lowest BCUT2D eigenvalue weighted by atomic mass is 10.2. The van der Waals surface area contributed by atoms with Crippen molar-refractivity contribution in [2.24, 2.45) is 0 Å². The number of benzene rings is 1. The van der Waals surface area contributed by atoms with E-state index in [1.807, 2.05) is 22.4 Å². The molecule has 126 valence electrons. The van der Waals surface area contributed by atoms with Gasteiger partial charge in [0, 0.05) is 31.1 Å². The summed E-state index contributed by atoms with van der Waals surface area (Å²) in [6.45, 7) is 1.72. The van der Waals surface area contributed by atoms with Crippen molar-refractivity contribution in [3.05, 3.63) is 51.7 Å². The molecule has 1 aliphatic rings. The van der Waals surface area contributed by atoms with Crippen molar-refractivity contribution < 1.29 is 8.42 Å². The van der Waals surface area contributed by atoms with E-state index in [1.165, 1.54) is 10.4 Å². The van der Waals surface area contributed by atoms with Crippen LogP contribution in [-0.2, 0) is 10.0 Å². The van der Waals surface area contributed by atoms with Gasteiger partial charge in [-0.3, -0.25) is 4.90 Å². The second-order valence-corrected chi connectivity index (χ2v) is 8.71. The van der Waals surface area contributed by atoms with Crippen LogP contribution in [0.5, 0.6) is 0 Å². The van der Waals surface area contributed by atoms with Crippen LogP contribution in [0.3, 0.4) is 0 Å². The fourth-order valence-electron chi connectivity index (χ4n) is 2.77. The topological polar surface area (TPSA) is 64.4 Å². The highest BCUT2D eigenvalue weighted by atomic mass is 35.5. The molecular formula is C16H16ClN3O2S2. The minimum Gasteiger partial charge on any atom is -0.281 e. The Balaban J connectivity index is 1.73. The molecule has 1 saturated heterocycles. The monoisotopic (exact) mass is 381 g/mol. The maximum atomic E-state index is 12.7. The third-order valence-corrected chi connectivity index (χ3v) is 7.35. The number of hydrogen-bond acceptors (Lipinski definition) is 5. The molecule has 0 radical (unpaired) electrons. The molecule has 0 N–H and O–H groups in total. The molecule has 1 unspecified atom stereocenters. The Hall–Kier alpha value is -1.43. The van der Waals surface area contributed by atoms with Crippen molar-refractivity contribution in [3.63, 3.8) is 0 Å². The van der Waals surface area contributed by atoms with E-state index in [0.717, 1.165) is 4.88 Å². The zero-order chi connectivity index (χ0) is 17.2. The minimum atomic E-state index is -3.61. The van der Waals surface area contributed by atoms with Gasteiger partial charge in [0.1, 0.15) is 10.9 Å². The molecule has 0 saturated carbocycles. The maximum absolute atomic E-state index is 12.7. The molecule has 0 spiro atoms. The van der Waals surface area contributed by atoms with Gasteiger partial charge in [0.15, 0.2) is 0 Å². The van der Waals surface area contributed by atoms with Crippen molar-refractivity contribution in [1.82, 2.24) is 9.21 Å². The number of hydrogen-bond donors (Lipinski definition) is 0. The third-order valence-electron chi connectivity index (χ3n) is 4.03. The molecule has 8 heteroatoms. The second-order valence-electron chi connectivity index (χ2n) is 5.42. The molecule has 1 aliphatic heterocycles. The summed E-state index contributed by atoms with van der Waals surface area (Å²) in [7, 11) is -3.61. The lowest BCUT2D eigenvalue weighted by molar-refractivity contribution is 0.164. The lowest BCUT2D eigenvalue weighted by Gasteiger charge is -2.36. The van der Waals surface area contributed by atoms with E-state index >= 15 is 0 Å². The number of nitriles is 1. The summed E-state index contributed by atoms with van der Waals surface area (Å²) in [5, 5.41) is 11.6. The summed E-state index contributed by atoms with van der Waals surface area (Å²) in [4.78, 5) is 3.14. The van der Waals surface area contributed by atoms with Crippen LogP contribution < -0.4 is 0 Å². The molecule has 1 aromatic heterocycles. The molecule has 0 aliphatic carbocycles. The van der Waals surface area contributed by atoms with Crippen LogP contribution in [0, 0.1) is 11.3 Å². The van der Waals surface area contributed by atoms with E-state index in [2.05, 4.69) is 6.07 Å². The van der Waals surface area contributed by atoms with E-state index in [0.29, 0.717) is 26.2 Å². The predicted octanol–water partition coefficient (Wildman–Crippen LogP) is 2.97. The van der Waals surface area contributed by atoms with Crippen LogP contribution in [0.4, 0.5) is 0 Å². The summed E-state index contributed by atoms with van der Waals surface area (Å²) in [5.74, 6) is 0. The molecule has 24 heavy (non-hydrogen) atoms. The van der Waals surface area contributed by atoms with E-state index in [9.17, 15) is 13.7 Å². The van der Waals surface area contributed by atoms with Gasteiger partial charge in [-0.05, 0) is 23.6 Å². The van der Waals surface area contributed by atoms with E-state index in [1.54, 1.807) is 29.5 Å². The van der Waals surface area contributed by atoms with Crippen molar-refractivity contribution in [3.8, 4) is 6.07 Å². The normalized spacial score (nSPS) is 18.2. The quantitative estimate of drug-likeness (QED) is 0.816. The van der Waals surface area contributed by atoms with Crippen LogP contribution in [-0.4, -0.2) is 43.8 Å².